The maximum absolute atomic E-state index is 12.6. The van der Waals surface area contributed by atoms with E-state index in [1.165, 1.54) is 17.8 Å². The number of thioether (sulfide) groups is 1. The third kappa shape index (κ3) is 5.49. The molecule has 0 fully saturated rings. The summed E-state index contributed by atoms with van der Waals surface area (Å²) in [5.41, 5.74) is -0.311. The standard InChI is InChI=1S/C17H16F3NO2S/c1-23-14-5-7-15(8-6-14)24-11-16(22)21-10-12-3-2-4-13(9-12)17(18,19)20/h2-9H,10-11H2,1H3,(H,21,22). The minimum absolute atomic E-state index is 0.0614. The van der Waals surface area contributed by atoms with Crippen LogP contribution in [0.25, 0.3) is 0 Å². The predicted octanol–water partition coefficient (Wildman–Crippen LogP) is 4.12. The quantitative estimate of drug-likeness (QED) is 0.792. The van der Waals surface area contributed by atoms with Crippen LogP contribution in [-0.2, 0) is 17.5 Å². The molecule has 128 valence electrons. The van der Waals surface area contributed by atoms with Gasteiger partial charge in [0.05, 0.1) is 18.4 Å². The van der Waals surface area contributed by atoms with Gasteiger partial charge in [-0.2, -0.15) is 13.2 Å². The normalized spacial score (nSPS) is 11.2. The number of nitrogens with one attached hydrogen (secondary N) is 1. The van der Waals surface area contributed by atoms with E-state index in [0.717, 1.165) is 22.8 Å². The van der Waals surface area contributed by atoms with Crippen LogP contribution in [0.4, 0.5) is 13.2 Å². The summed E-state index contributed by atoms with van der Waals surface area (Å²) in [7, 11) is 1.57. The zero-order valence-electron chi connectivity index (χ0n) is 12.9. The van der Waals surface area contributed by atoms with E-state index in [4.69, 9.17) is 4.74 Å². The van der Waals surface area contributed by atoms with Crippen molar-refractivity contribution < 1.29 is 22.7 Å². The second-order valence-electron chi connectivity index (χ2n) is 4.94. The van der Waals surface area contributed by atoms with Gasteiger partial charge in [-0.1, -0.05) is 12.1 Å². The Labute approximate surface area is 142 Å². The van der Waals surface area contributed by atoms with Gasteiger partial charge < -0.3 is 10.1 Å². The summed E-state index contributed by atoms with van der Waals surface area (Å²) < 4.78 is 42.9. The van der Waals surface area contributed by atoms with Crippen LogP contribution in [0.2, 0.25) is 0 Å². The largest absolute Gasteiger partial charge is 0.497 e. The first kappa shape index (κ1) is 18.2. The van der Waals surface area contributed by atoms with Crippen molar-refractivity contribution in [2.75, 3.05) is 12.9 Å². The van der Waals surface area contributed by atoms with Crippen molar-refractivity contribution in [1.29, 1.82) is 0 Å². The van der Waals surface area contributed by atoms with Gasteiger partial charge in [-0.15, -0.1) is 11.8 Å². The van der Waals surface area contributed by atoms with Crippen LogP contribution >= 0.6 is 11.8 Å². The summed E-state index contributed by atoms with van der Waals surface area (Å²) >= 11 is 1.34. The molecule has 24 heavy (non-hydrogen) atoms. The zero-order chi connectivity index (χ0) is 17.6. The summed E-state index contributed by atoms with van der Waals surface area (Å²) in [4.78, 5) is 12.7. The number of benzene rings is 2. The van der Waals surface area contributed by atoms with E-state index in [1.807, 2.05) is 12.1 Å². The fraction of sp³-hybridized carbons (Fsp3) is 0.235. The molecule has 0 radical (unpaired) electrons. The lowest BCUT2D eigenvalue weighted by atomic mass is 10.1. The second-order valence-corrected chi connectivity index (χ2v) is 5.99. The van der Waals surface area contributed by atoms with Gasteiger partial charge in [-0.25, -0.2) is 0 Å². The number of carbonyl (C=O) groups is 1. The summed E-state index contributed by atoms with van der Waals surface area (Å²) in [6, 6.07) is 12.2. The smallest absolute Gasteiger partial charge is 0.416 e. The highest BCUT2D eigenvalue weighted by Gasteiger charge is 2.30. The molecule has 7 heteroatoms. The summed E-state index contributed by atoms with van der Waals surface area (Å²) in [5.74, 6) is 0.673. The van der Waals surface area contributed by atoms with E-state index in [-0.39, 0.29) is 18.2 Å². The molecule has 0 aromatic heterocycles. The van der Waals surface area contributed by atoms with Crippen LogP contribution in [0.5, 0.6) is 5.75 Å². The molecule has 0 aliphatic carbocycles. The van der Waals surface area contributed by atoms with Crippen LogP contribution in [-0.4, -0.2) is 18.8 Å². The average molecular weight is 355 g/mol. The number of amides is 1. The van der Waals surface area contributed by atoms with Crippen molar-refractivity contribution in [2.45, 2.75) is 17.6 Å². The minimum atomic E-state index is -4.38. The summed E-state index contributed by atoms with van der Waals surface area (Å²) in [6.07, 6.45) is -4.38. The van der Waals surface area contributed by atoms with Gasteiger partial charge in [0.2, 0.25) is 5.91 Å². The van der Waals surface area contributed by atoms with E-state index in [1.54, 1.807) is 25.3 Å². The van der Waals surface area contributed by atoms with Crippen molar-refractivity contribution in [2.24, 2.45) is 0 Å². The molecule has 1 N–H and O–H groups in total. The van der Waals surface area contributed by atoms with Crippen molar-refractivity contribution in [3.8, 4) is 5.75 Å². The Balaban J connectivity index is 1.82. The van der Waals surface area contributed by atoms with E-state index >= 15 is 0 Å². The monoisotopic (exact) mass is 355 g/mol. The summed E-state index contributed by atoms with van der Waals surface area (Å²) in [5, 5.41) is 2.62. The van der Waals surface area contributed by atoms with Crippen LogP contribution in [0.3, 0.4) is 0 Å². The van der Waals surface area contributed by atoms with Gasteiger partial charge in [-0.05, 0) is 42.0 Å². The fourth-order valence-corrected chi connectivity index (χ4v) is 2.66. The van der Waals surface area contributed by atoms with E-state index in [9.17, 15) is 18.0 Å². The molecule has 3 nitrogen and oxygen atoms in total. The molecule has 2 rings (SSSR count). The number of hydrogen-bond donors (Lipinski definition) is 1. The molecule has 0 saturated heterocycles. The third-order valence-electron chi connectivity index (χ3n) is 3.17. The van der Waals surface area contributed by atoms with E-state index < -0.39 is 11.7 Å². The number of rotatable bonds is 6. The van der Waals surface area contributed by atoms with Crippen LogP contribution in [0, 0.1) is 0 Å². The highest BCUT2D eigenvalue weighted by molar-refractivity contribution is 8.00. The van der Waals surface area contributed by atoms with Gasteiger partial charge in [0.25, 0.3) is 0 Å². The number of ether oxygens (including phenoxy) is 1. The lowest BCUT2D eigenvalue weighted by Crippen LogP contribution is -2.24. The highest BCUT2D eigenvalue weighted by Crippen LogP contribution is 2.29. The Hall–Kier alpha value is -2.15. The van der Waals surface area contributed by atoms with E-state index in [2.05, 4.69) is 5.32 Å². The Kier molecular flexibility index (Phi) is 6.14. The van der Waals surface area contributed by atoms with Crippen molar-refractivity contribution in [3.05, 3.63) is 59.7 Å². The molecule has 0 unspecified atom stereocenters. The molecule has 0 atom stereocenters. The van der Waals surface area contributed by atoms with Crippen LogP contribution < -0.4 is 10.1 Å². The summed E-state index contributed by atoms with van der Waals surface area (Å²) in [6.45, 7) is 0.0614. The number of halogens is 3. The molecule has 2 aromatic carbocycles. The predicted molar refractivity (Wildman–Crippen MR) is 87.0 cm³/mol. The van der Waals surface area contributed by atoms with Gasteiger partial charge in [0.15, 0.2) is 0 Å². The number of methoxy groups -OCH3 is 1. The highest BCUT2D eigenvalue weighted by atomic mass is 32.2. The van der Waals surface area contributed by atoms with Gasteiger partial charge >= 0.3 is 6.18 Å². The number of hydrogen-bond acceptors (Lipinski definition) is 3. The molecule has 0 heterocycles. The van der Waals surface area contributed by atoms with Crippen molar-refractivity contribution in [3.63, 3.8) is 0 Å². The number of carbonyl (C=O) groups excluding carboxylic acids is 1. The lowest BCUT2D eigenvalue weighted by molar-refractivity contribution is -0.137. The van der Waals surface area contributed by atoms with Crippen molar-refractivity contribution in [1.82, 2.24) is 5.32 Å². The first-order valence-electron chi connectivity index (χ1n) is 7.08. The van der Waals surface area contributed by atoms with Gasteiger partial charge in [0.1, 0.15) is 5.75 Å². The molecule has 0 aliphatic rings. The minimum Gasteiger partial charge on any atom is -0.497 e. The first-order chi connectivity index (χ1) is 11.4. The Bertz CT molecular complexity index is 687. The second kappa shape index (κ2) is 8.10. The molecule has 0 saturated carbocycles. The molecule has 0 aliphatic heterocycles. The number of alkyl halides is 3. The Morgan fingerprint density at radius 2 is 1.88 bits per heavy atom. The maximum Gasteiger partial charge on any atom is 0.416 e. The zero-order valence-corrected chi connectivity index (χ0v) is 13.7. The van der Waals surface area contributed by atoms with Gasteiger partial charge in [0, 0.05) is 11.4 Å². The molecular formula is C17H16F3NO2S. The van der Waals surface area contributed by atoms with Gasteiger partial charge in [-0.3, -0.25) is 4.79 Å². The van der Waals surface area contributed by atoms with Crippen LogP contribution in [0.1, 0.15) is 11.1 Å². The van der Waals surface area contributed by atoms with Crippen LogP contribution in [0.15, 0.2) is 53.4 Å². The molecule has 2 aromatic rings. The molecular weight excluding hydrogens is 339 g/mol. The van der Waals surface area contributed by atoms with E-state index in [0.29, 0.717) is 5.56 Å². The topological polar surface area (TPSA) is 38.3 Å². The lowest BCUT2D eigenvalue weighted by Gasteiger charge is -2.09. The Morgan fingerprint density at radius 3 is 2.50 bits per heavy atom. The molecule has 0 spiro atoms. The fourth-order valence-electron chi connectivity index (χ4n) is 1.93. The Morgan fingerprint density at radius 1 is 1.17 bits per heavy atom. The first-order valence-corrected chi connectivity index (χ1v) is 8.07. The SMILES string of the molecule is COc1ccc(SCC(=O)NCc2cccc(C(F)(F)F)c2)cc1. The van der Waals surface area contributed by atoms with Crippen molar-refractivity contribution >= 4 is 17.7 Å². The molecule has 1 amide bonds. The average Bonchev–Trinajstić information content (AvgIpc) is 2.58. The third-order valence-corrected chi connectivity index (χ3v) is 4.19. The molecule has 0 bridgehead atoms. The maximum atomic E-state index is 12.6.